The summed E-state index contributed by atoms with van der Waals surface area (Å²) in [5.41, 5.74) is 0. The standard InChI is InChI=1S/C16H26N2O/c1-18(16(19)12-2-3-17-9-12)15-13-5-10-4-11(7-13)8-14(15)6-10/h10-15,17H,2-9H2,1H3. The smallest absolute Gasteiger partial charge is 0.227 e. The first-order valence-electron chi connectivity index (χ1n) is 8.19. The maximum absolute atomic E-state index is 12.7. The third kappa shape index (κ3) is 1.93. The number of carbonyl (C=O) groups excluding carboxylic acids is 1. The van der Waals surface area contributed by atoms with Gasteiger partial charge in [0.25, 0.3) is 0 Å². The molecule has 1 aliphatic heterocycles. The highest BCUT2D eigenvalue weighted by Crippen LogP contribution is 2.55. The van der Waals surface area contributed by atoms with Crippen molar-refractivity contribution in [1.29, 1.82) is 0 Å². The number of amides is 1. The van der Waals surface area contributed by atoms with Crippen LogP contribution in [0.5, 0.6) is 0 Å². The van der Waals surface area contributed by atoms with Gasteiger partial charge in [-0.05, 0) is 68.7 Å². The molecule has 106 valence electrons. The van der Waals surface area contributed by atoms with Crippen LogP contribution in [0.2, 0.25) is 0 Å². The molecule has 3 heteroatoms. The van der Waals surface area contributed by atoms with Crippen molar-refractivity contribution in [1.82, 2.24) is 10.2 Å². The number of nitrogens with zero attached hydrogens (tertiary/aromatic N) is 1. The van der Waals surface area contributed by atoms with Crippen LogP contribution in [0.1, 0.15) is 38.5 Å². The van der Waals surface area contributed by atoms with E-state index in [0.717, 1.165) is 43.2 Å². The van der Waals surface area contributed by atoms with E-state index in [1.165, 1.54) is 32.1 Å². The van der Waals surface area contributed by atoms with Crippen molar-refractivity contribution in [3.8, 4) is 0 Å². The van der Waals surface area contributed by atoms with Crippen molar-refractivity contribution in [3.63, 3.8) is 0 Å². The van der Waals surface area contributed by atoms with E-state index in [0.29, 0.717) is 11.9 Å². The second kappa shape index (κ2) is 4.47. The van der Waals surface area contributed by atoms with E-state index in [4.69, 9.17) is 0 Å². The van der Waals surface area contributed by atoms with Gasteiger partial charge in [-0.3, -0.25) is 4.79 Å². The van der Waals surface area contributed by atoms with Gasteiger partial charge in [-0.15, -0.1) is 0 Å². The summed E-state index contributed by atoms with van der Waals surface area (Å²) in [4.78, 5) is 14.8. The summed E-state index contributed by atoms with van der Waals surface area (Å²) in [5.74, 6) is 4.30. The summed E-state index contributed by atoms with van der Waals surface area (Å²) in [6.45, 7) is 1.92. The Morgan fingerprint density at radius 3 is 2.21 bits per heavy atom. The summed E-state index contributed by atoms with van der Waals surface area (Å²) in [6, 6.07) is 0.570. The Morgan fingerprint density at radius 1 is 1.05 bits per heavy atom. The van der Waals surface area contributed by atoms with Crippen LogP contribution in [0.4, 0.5) is 0 Å². The lowest BCUT2D eigenvalue weighted by Crippen LogP contribution is -2.57. The Morgan fingerprint density at radius 2 is 1.68 bits per heavy atom. The number of hydrogen-bond acceptors (Lipinski definition) is 2. The fourth-order valence-corrected chi connectivity index (χ4v) is 5.83. The first kappa shape index (κ1) is 12.2. The molecule has 4 bridgehead atoms. The number of hydrogen-bond donors (Lipinski definition) is 1. The van der Waals surface area contributed by atoms with Crippen LogP contribution in [-0.4, -0.2) is 37.0 Å². The molecule has 5 fully saturated rings. The molecule has 4 aliphatic carbocycles. The molecule has 19 heavy (non-hydrogen) atoms. The van der Waals surface area contributed by atoms with Crippen molar-refractivity contribution in [2.24, 2.45) is 29.6 Å². The van der Waals surface area contributed by atoms with Crippen LogP contribution in [0.3, 0.4) is 0 Å². The van der Waals surface area contributed by atoms with E-state index in [2.05, 4.69) is 17.3 Å². The lowest BCUT2D eigenvalue weighted by molar-refractivity contribution is -0.144. The minimum absolute atomic E-state index is 0.252. The van der Waals surface area contributed by atoms with E-state index in [-0.39, 0.29) is 5.92 Å². The van der Waals surface area contributed by atoms with E-state index in [1.54, 1.807) is 0 Å². The number of rotatable bonds is 2. The zero-order valence-electron chi connectivity index (χ0n) is 12.0. The van der Waals surface area contributed by atoms with Crippen LogP contribution in [0, 0.1) is 29.6 Å². The fraction of sp³-hybridized carbons (Fsp3) is 0.938. The monoisotopic (exact) mass is 262 g/mol. The molecule has 1 amide bonds. The van der Waals surface area contributed by atoms with Crippen molar-refractivity contribution in [2.45, 2.75) is 44.6 Å². The molecule has 5 rings (SSSR count). The molecular formula is C16H26N2O. The van der Waals surface area contributed by atoms with E-state index >= 15 is 0 Å². The van der Waals surface area contributed by atoms with Crippen LogP contribution in [0.25, 0.3) is 0 Å². The summed E-state index contributed by atoms with van der Waals surface area (Å²) < 4.78 is 0. The van der Waals surface area contributed by atoms with Crippen LogP contribution in [0.15, 0.2) is 0 Å². The molecule has 5 aliphatic rings. The van der Waals surface area contributed by atoms with Gasteiger partial charge in [-0.25, -0.2) is 0 Å². The van der Waals surface area contributed by atoms with Gasteiger partial charge >= 0.3 is 0 Å². The molecule has 1 unspecified atom stereocenters. The average Bonchev–Trinajstić information content (AvgIpc) is 2.90. The van der Waals surface area contributed by atoms with Gasteiger partial charge in [0.05, 0.1) is 5.92 Å². The predicted molar refractivity (Wildman–Crippen MR) is 74.6 cm³/mol. The first-order chi connectivity index (χ1) is 9.22. The Labute approximate surface area is 116 Å². The van der Waals surface area contributed by atoms with Crippen molar-refractivity contribution in [3.05, 3.63) is 0 Å². The molecule has 0 aromatic rings. The molecular weight excluding hydrogens is 236 g/mol. The largest absolute Gasteiger partial charge is 0.342 e. The fourth-order valence-electron chi connectivity index (χ4n) is 5.83. The van der Waals surface area contributed by atoms with Crippen molar-refractivity contribution in [2.75, 3.05) is 20.1 Å². The molecule has 0 aromatic heterocycles. The van der Waals surface area contributed by atoms with Gasteiger partial charge in [0.2, 0.25) is 5.91 Å². The van der Waals surface area contributed by atoms with Crippen LogP contribution >= 0.6 is 0 Å². The topological polar surface area (TPSA) is 32.3 Å². The molecule has 4 saturated carbocycles. The first-order valence-corrected chi connectivity index (χ1v) is 8.19. The summed E-state index contributed by atoms with van der Waals surface area (Å²) >= 11 is 0. The molecule has 1 N–H and O–H groups in total. The molecule has 0 spiro atoms. The highest BCUT2D eigenvalue weighted by molar-refractivity contribution is 5.79. The molecule has 1 heterocycles. The second-order valence-corrected chi connectivity index (χ2v) is 7.56. The number of carbonyl (C=O) groups is 1. The minimum Gasteiger partial charge on any atom is -0.342 e. The van der Waals surface area contributed by atoms with E-state index in [1.807, 2.05) is 0 Å². The van der Waals surface area contributed by atoms with Gasteiger partial charge in [-0.1, -0.05) is 0 Å². The second-order valence-electron chi connectivity index (χ2n) is 7.56. The number of nitrogens with one attached hydrogen (secondary N) is 1. The van der Waals surface area contributed by atoms with Crippen LogP contribution in [-0.2, 0) is 4.79 Å². The third-order valence-corrected chi connectivity index (χ3v) is 6.38. The van der Waals surface area contributed by atoms with Gasteiger partial charge in [0, 0.05) is 19.6 Å². The molecule has 1 saturated heterocycles. The maximum atomic E-state index is 12.7. The molecule has 0 radical (unpaired) electrons. The van der Waals surface area contributed by atoms with E-state index < -0.39 is 0 Å². The highest BCUT2D eigenvalue weighted by atomic mass is 16.2. The summed E-state index contributed by atoms with van der Waals surface area (Å²) in [6.07, 6.45) is 8.13. The highest BCUT2D eigenvalue weighted by Gasteiger charge is 2.50. The van der Waals surface area contributed by atoms with Gasteiger partial charge < -0.3 is 10.2 Å². The normalized spacial score (nSPS) is 47.6. The lowest BCUT2D eigenvalue weighted by atomic mass is 9.54. The average molecular weight is 262 g/mol. The van der Waals surface area contributed by atoms with Gasteiger partial charge in [0.15, 0.2) is 0 Å². The van der Waals surface area contributed by atoms with Crippen molar-refractivity contribution < 1.29 is 4.79 Å². The predicted octanol–water partition coefficient (Wildman–Crippen LogP) is 1.88. The molecule has 0 aromatic carbocycles. The minimum atomic E-state index is 0.252. The van der Waals surface area contributed by atoms with Gasteiger partial charge in [-0.2, -0.15) is 0 Å². The Balaban J connectivity index is 1.50. The zero-order valence-corrected chi connectivity index (χ0v) is 12.0. The lowest BCUT2D eigenvalue weighted by Gasteiger charge is -2.56. The summed E-state index contributed by atoms with van der Waals surface area (Å²) in [5, 5.41) is 3.33. The SMILES string of the molecule is CN(C(=O)C1CCNC1)C1C2CC3CC(C2)CC1C3. The van der Waals surface area contributed by atoms with Crippen LogP contribution < -0.4 is 5.32 Å². The summed E-state index contributed by atoms with van der Waals surface area (Å²) in [7, 11) is 2.09. The maximum Gasteiger partial charge on any atom is 0.227 e. The van der Waals surface area contributed by atoms with E-state index in [9.17, 15) is 4.79 Å². The molecule has 3 nitrogen and oxygen atoms in total. The van der Waals surface area contributed by atoms with Gasteiger partial charge in [0.1, 0.15) is 0 Å². The van der Waals surface area contributed by atoms with Crippen molar-refractivity contribution >= 4 is 5.91 Å². The Kier molecular flexibility index (Phi) is 2.87. The Hall–Kier alpha value is -0.570. The zero-order chi connectivity index (χ0) is 13.0. The Bertz CT molecular complexity index is 347. The quantitative estimate of drug-likeness (QED) is 0.824. The third-order valence-electron chi connectivity index (χ3n) is 6.38. The molecule has 1 atom stereocenters.